The molecule has 0 saturated heterocycles. The molecule has 23 heavy (non-hydrogen) atoms. The summed E-state index contributed by atoms with van der Waals surface area (Å²) in [6, 6.07) is 17.6. The summed E-state index contributed by atoms with van der Waals surface area (Å²) in [7, 11) is 0. The zero-order valence-electron chi connectivity index (χ0n) is 13.0. The van der Waals surface area contributed by atoms with Gasteiger partial charge in [-0.1, -0.05) is 36.8 Å². The zero-order valence-corrected chi connectivity index (χ0v) is 15.2. The van der Waals surface area contributed by atoms with Crippen LogP contribution >= 0.6 is 22.6 Å². The van der Waals surface area contributed by atoms with Gasteiger partial charge < -0.3 is 9.67 Å². The van der Waals surface area contributed by atoms with Crippen LogP contribution in [0.4, 0.5) is 0 Å². The topological polar surface area (TPSA) is 25.2 Å². The number of rotatable bonds is 4. The smallest absolute Gasteiger partial charge is 0.0610 e. The molecule has 0 spiro atoms. The molecule has 1 heterocycles. The predicted octanol–water partition coefficient (Wildman–Crippen LogP) is 4.71. The highest BCUT2D eigenvalue weighted by Gasteiger charge is 2.42. The Labute approximate surface area is 150 Å². The van der Waals surface area contributed by atoms with Crippen molar-refractivity contribution in [3.63, 3.8) is 0 Å². The van der Waals surface area contributed by atoms with E-state index < -0.39 is 0 Å². The average Bonchev–Trinajstić information content (AvgIpc) is 2.88. The van der Waals surface area contributed by atoms with Gasteiger partial charge in [-0.15, -0.1) is 0 Å². The number of hydrogen-bond acceptors (Lipinski definition) is 1. The Morgan fingerprint density at radius 1 is 1.04 bits per heavy atom. The third-order valence-electron chi connectivity index (χ3n) is 5.25. The van der Waals surface area contributed by atoms with Gasteiger partial charge in [0.05, 0.1) is 6.61 Å². The maximum Gasteiger partial charge on any atom is 0.0610 e. The highest BCUT2D eigenvalue weighted by molar-refractivity contribution is 14.1. The van der Waals surface area contributed by atoms with Crippen LogP contribution < -0.4 is 0 Å². The molecule has 1 aromatic heterocycles. The Balaban J connectivity index is 1.91. The Morgan fingerprint density at radius 2 is 1.78 bits per heavy atom. The highest BCUT2D eigenvalue weighted by Crippen LogP contribution is 2.51. The van der Waals surface area contributed by atoms with Crippen molar-refractivity contribution in [3.05, 3.63) is 69.4 Å². The van der Waals surface area contributed by atoms with Gasteiger partial charge in [0.2, 0.25) is 0 Å². The Kier molecular flexibility index (Phi) is 3.93. The maximum atomic E-state index is 9.39. The van der Waals surface area contributed by atoms with Gasteiger partial charge >= 0.3 is 0 Å². The van der Waals surface area contributed by atoms with Gasteiger partial charge in [-0.05, 0) is 64.8 Å². The molecule has 1 N–H and O–H groups in total. The minimum absolute atomic E-state index is 0.144. The Bertz CT molecular complexity index is 830. The molecule has 0 radical (unpaired) electrons. The van der Waals surface area contributed by atoms with Gasteiger partial charge in [0, 0.05) is 32.6 Å². The van der Waals surface area contributed by atoms with Crippen LogP contribution in [0.5, 0.6) is 0 Å². The summed E-state index contributed by atoms with van der Waals surface area (Å²) < 4.78 is 3.49. The summed E-state index contributed by atoms with van der Waals surface area (Å²) in [6.07, 6.45) is 5.98. The van der Waals surface area contributed by atoms with Gasteiger partial charge in [-0.2, -0.15) is 0 Å². The number of aromatic nitrogens is 1. The average molecular weight is 417 g/mol. The van der Waals surface area contributed by atoms with Crippen LogP contribution in [-0.4, -0.2) is 16.3 Å². The van der Waals surface area contributed by atoms with Crippen LogP contribution in [0.1, 0.15) is 30.4 Å². The quantitative estimate of drug-likeness (QED) is 0.612. The van der Waals surface area contributed by atoms with Gasteiger partial charge in [0.1, 0.15) is 0 Å². The highest BCUT2D eigenvalue weighted by atomic mass is 127. The molecule has 4 rings (SSSR count). The van der Waals surface area contributed by atoms with Crippen molar-refractivity contribution in [3.8, 4) is 0 Å². The number of aliphatic hydroxyl groups excluding tert-OH is 1. The second kappa shape index (κ2) is 5.95. The Morgan fingerprint density at radius 3 is 2.43 bits per heavy atom. The molecule has 2 aromatic carbocycles. The molecule has 0 atom stereocenters. The summed E-state index contributed by atoms with van der Waals surface area (Å²) in [5.74, 6) is 0. The molecule has 118 valence electrons. The van der Waals surface area contributed by atoms with Crippen molar-refractivity contribution in [2.75, 3.05) is 6.61 Å². The molecule has 3 aromatic rings. The lowest BCUT2D eigenvalue weighted by molar-refractivity contribution is 0.276. The fraction of sp³-hybridized carbons (Fsp3) is 0.300. The van der Waals surface area contributed by atoms with E-state index in [0.717, 1.165) is 0 Å². The molecule has 0 amide bonds. The van der Waals surface area contributed by atoms with Crippen molar-refractivity contribution < 1.29 is 5.11 Å². The number of para-hydroxylation sites is 1. The first-order chi connectivity index (χ1) is 11.2. The minimum atomic E-state index is 0.144. The lowest BCUT2D eigenvalue weighted by Gasteiger charge is -2.42. The van der Waals surface area contributed by atoms with E-state index in [9.17, 15) is 5.11 Å². The van der Waals surface area contributed by atoms with Crippen LogP contribution in [0, 0.1) is 3.57 Å². The maximum absolute atomic E-state index is 9.39. The van der Waals surface area contributed by atoms with Crippen LogP contribution in [0.3, 0.4) is 0 Å². The van der Waals surface area contributed by atoms with Crippen molar-refractivity contribution in [2.24, 2.45) is 0 Å². The molecule has 1 aliphatic rings. The van der Waals surface area contributed by atoms with Gasteiger partial charge in [0.15, 0.2) is 0 Å². The van der Waals surface area contributed by atoms with Crippen molar-refractivity contribution in [2.45, 2.75) is 31.2 Å². The van der Waals surface area contributed by atoms with Gasteiger partial charge in [0.25, 0.3) is 0 Å². The summed E-state index contributed by atoms with van der Waals surface area (Å²) in [5.41, 5.74) is 4.23. The molecule has 1 saturated carbocycles. The molecule has 0 bridgehead atoms. The second-order valence-electron chi connectivity index (χ2n) is 6.42. The first-order valence-electron chi connectivity index (χ1n) is 8.20. The minimum Gasteiger partial charge on any atom is -0.395 e. The molecule has 2 nitrogen and oxygen atoms in total. The van der Waals surface area contributed by atoms with Crippen molar-refractivity contribution in [1.82, 2.24) is 4.57 Å². The van der Waals surface area contributed by atoms with E-state index in [1.54, 1.807) is 0 Å². The van der Waals surface area contributed by atoms with E-state index >= 15 is 0 Å². The van der Waals surface area contributed by atoms with Gasteiger partial charge in [-0.25, -0.2) is 0 Å². The van der Waals surface area contributed by atoms with Crippen molar-refractivity contribution >= 4 is 33.5 Å². The number of hydrogen-bond donors (Lipinski definition) is 1. The van der Waals surface area contributed by atoms with E-state index in [1.807, 2.05) is 0 Å². The number of fused-ring (bicyclic) bond motifs is 1. The molecule has 1 aliphatic carbocycles. The largest absolute Gasteiger partial charge is 0.395 e. The first-order valence-corrected chi connectivity index (χ1v) is 9.28. The number of nitrogens with zero attached hydrogens (tertiary/aromatic N) is 1. The van der Waals surface area contributed by atoms with Crippen LogP contribution in [0.25, 0.3) is 10.9 Å². The number of aliphatic hydroxyl groups is 1. The number of halogens is 1. The molecular weight excluding hydrogens is 397 g/mol. The van der Waals surface area contributed by atoms with Crippen LogP contribution in [-0.2, 0) is 12.0 Å². The molecule has 0 aliphatic heterocycles. The monoisotopic (exact) mass is 417 g/mol. The lowest BCUT2D eigenvalue weighted by Crippen LogP contribution is -2.35. The standard InChI is InChI=1S/C20H20INO/c21-16-8-6-15(7-9-16)20(10-3-11-20)18-14-22(12-13-23)19-5-2-1-4-17(18)19/h1-2,4-9,14,23H,3,10-13H2. The molecular formula is C20H20INO. The van der Waals surface area contributed by atoms with E-state index in [1.165, 1.54) is 44.9 Å². The third-order valence-corrected chi connectivity index (χ3v) is 5.97. The second-order valence-corrected chi connectivity index (χ2v) is 7.67. The lowest BCUT2D eigenvalue weighted by atomic mass is 9.60. The van der Waals surface area contributed by atoms with Gasteiger partial charge in [-0.3, -0.25) is 0 Å². The van der Waals surface area contributed by atoms with Crippen molar-refractivity contribution in [1.29, 1.82) is 0 Å². The van der Waals surface area contributed by atoms with E-state index in [2.05, 4.69) is 81.9 Å². The normalized spacial score (nSPS) is 16.4. The predicted molar refractivity (Wildman–Crippen MR) is 103 cm³/mol. The van der Waals surface area contributed by atoms with E-state index in [-0.39, 0.29) is 12.0 Å². The van der Waals surface area contributed by atoms with Crippen LogP contribution in [0.2, 0.25) is 0 Å². The summed E-state index contributed by atoms with van der Waals surface area (Å²) in [6.45, 7) is 0.831. The fourth-order valence-corrected chi connectivity index (χ4v) is 4.29. The van der Waals surface area contributed by atoms with E-state index in [0.29, 0.717) is 6.54 Å². The third kappa shape index (κ3) is 2.41. The molecule has 0 unspecified atom stereocenters. The summed E-state index contributed by atoms with van der Waals surface area (Å²) in [5, 5.41) is 10.7. The fourth-order valence-electron chi connectivity index (χ4n) is 3.93. The summed E-state index contributed by atoms with van der Waals surface area (Å²) in [4.78, 5) is 0. The van der Waals surface area contributed by atoms with E-state index in [4.69, 9.17) is 0 Å². The van der Waals surface area contributed by atoms with Crippen LogP contribution in [0.15, 0.2) is 54.7 Å². The SMILES string of the molecule is OCCn1cc(C2(c3ccc(I)cc3)CCC2)c2ccccc21. The Hall–Kier alpha value is -1.33. The zero-order chi connectivity index (χ0) is 15.9. The number of benzene rings is 2. The molecule has 1 fully saturated rings. The first kappa shape index (κ1) is 15.2. The summed E-state index contributed by atoms with van der Waals surface area (Å²) >= 11 is 2.37. The molecule has 3 heteroatoms.